The molecule has 1 aromatic heterocycles. The molecule has 1 fully saturated rings. The number of carbonyl (C=O) groups excluding carboxylic acids is 2. The maximum absolute atomic E-state index is 14.6. The molecule has 2 heterocycles. The van der Waals surface area contributed by atoms with Crippen LogP contribution in [0, 0.1) is 0 Å². The van der Waals surface area contributed by atoms with Crippen molar-refractivity contribution in [1.82, 2.24) is 9.88 Å². The van der Waals surface area contributed by atoms with E-state index >= 15 is 0 Å². The van der Waals surface area contributed by atoms with E-state index in [0.717, 1.165) is 12.8 Å². The van der Waals surface area contributed by atoms with Crippen LogP contribution in [0.2, 0.25) is 0 Å². The number of rotatable bonds is 15. The van der Waals surface area contributed by atoms with Crippen molar-refractivity contribution >= 4 is 21.5 Å². The van der Waals surface area contributed by atoms with Gasteiger partial charge in [-0.2, -0.15) is 0 Å². The number of aryl methyl sites for hydroxylation is 1. The van der Waals surface area contributed by atoms with E-state index in [1.54, 1.807) is 24.5 Å². The van der Waals surface area contributed by atoms with E-state index < -0.39 is 38.1 Å². The molecule has 236 valence electrons. The second-order valence-corrected chi connectivity index (χ2v) is 13.4. The summed E-state index contributed by atoms with van der Waals surface area (Å²) >= 11 is 0. The van der Waals surface area contributed by atoms with Crippen molar-refractivity contribution in [2.45, 2.75) is 68.4 Å². The van der Waals surface area contributed by atoms with E-state index in [1.807, 2.05) is 25.1 Å². The van der Waals surface area contributed by atoms with E-state index in [9.17, 15) is 18.0 Å². The van der Waals surface area contributed by atoms with Gasteiger partial charge in [-0.15, -0.1) is 0 Å². The van der Waals surface area contributed by atoms with Crippen LogP contribution in [-0.2, 0) is 21.1 Å². The minimum absolute atomic E-state index is 0.0701. The number of sulfone groups is 1. The molecule has 9 nitrogen and oxygen atoms in total. The third kappa shape index (κ3) is 7.23. The van der Waals surface area contributed by atoms with Gasteiger partial charge in [0.1, 0.15) is 5.25 Å². The molecule has 0 radical (unpaired) electrons. The Morgan fingerprint density at radius 2 is 1.68 bits per heavy atom. The number of nitrogens with zero attached hydrogens (tertiary/aromatic N) is 2. The summed E-state index contributed by atoms with van der Waals surface area (Å²) in [6.07, 6.45) is 7.44. The Morgan fingerprint density at radius 1 is 0.977 bits per heavy atom. The van der Waals surface area contributed by atoms with Crippen LogP contribution < -0.4 is 14.2 Å². The van der Waals surface area contributed by atoms with Crippen molar-refractivity contribution in [3.05, 3.63) is 83.7 Å². The molecule has 44 heavy (non-hydrogen) atoms. The van der Waals surface area contributed by atoms with E-state index in [1.165, 1.54) is 43.9 Å². The van der Waals surface area contributed by atoms with Crippen molar-refractivity contribution in [2.24, 2.45) is 0 Å². The molecule has 0 spiro atoms. The zero-order chi connectivity index (χ0) is 31.7. The summed E-state index contributed by atoms with van der Waals surface area (Å²) in [6.45, 7) is 2.26. The minimum atomic E-state index is -3.81. The molecule has 4 rings (SSSR count). The van der Waals surface area contributed by atoms with Gasteiger partial charge in [0.25, 0.3) is 11.7 Å². The molecule has 0 N–H and O–H groups in total. The van der Waals surface area contributed by atoms with Crippen LogP contribution in [0.15, 0.2) is 67.0 Å². The number of benzene rings is 2. The van der Waals surface area contributed by atoms with Gasteiger partial charge in [-0.1, -0.05) is 49.7 Å². The fraction of sp³-hybridized carbons (Fsp3) is 0.441. The van der Waals surface area contributed by atoms with Crippen LogP contribution in [0.5, 0.6) is 17.2 Å². The Kier molecular flexibility index (Phi) is 11.4. The predicted octanol–water partition coefficient (Wildman–Crippen LogP) is 5.63. The van der Waals surface area contributed by atoms with Gasteiger partial charge >= 0.3 is 0 Å². The second kappa shape index (κ2) is 15.2. The molecule has 1 amide bonds. The number of likely N-dealkylation sites (tertiary alicyclic amines) is 1. The Labute approximate surface area is 260 Å². The lowest BCUT2D eigenvalue weighted by Crippen LogP contribution is -2.46. The molecule has 3 atom stereocenters. The Hall–Kier alpha value is -3.92. The SMILES string of the molecule is CCC[C@@H](CCCc1ccccc1)S(=O)(=O)C(c1cccnc1)[C@@H]1CCCN1C(=O)C(=O)c1cc(OC)c(OC)c(OC)c1. The van der Waals surface area contributed by atoms with Gasteiger partial charge in [0.15, 0.2) is 21.3 Å². The molecule has 10 heteroatoms. The van der Waals surface area contributed by atoms with Gasteiger partial charge < -0.3 is 19.1 Å². The van der Waals surface area contributed by atoms with Crippen LogP contribution >= 0.6 is 0 Å². The summed E-state index contributed by atoms with van der Waals surface area (Å²) in [4.78, 5) is 33.1. The van der Waals surface area contributed by atoms with Gasteiger partial charge in [-0.25, -0.2) is 8.42 Å². The molecule has 1 unspecified atom stereocenters. The molecule has 1 aliphatic heterocycles. The lowest BCUT2D eigenvalue weighted by molar-refractivity contribution is -0.127. The highest BCUT2D eigenvalue weighted by atomic mass is 32.2. The summed E-state index contributed by atoms with van der Waals surface area (Å²) in [5.41, 5.74) is 1.77. The number of methoxy groups -OCH3 is 3. The van der Waals surface area contributed by atoms with Gasteiger partial charge in [0.05, 0.1) is 32.6 Å². The number of hydrogen-bond donors (Lipinski definition) is 0. The normalized spacial score (nSPS) is 16.3. The van der Waals surface area contributed by atoms with Gasteiger partial charge in [0, 0.05) is 24.5 Å². The summed E-state index contributed by atoms with van der Waals surface area (Å²) in [6, 6.07) is 15.7. The first kappa shape index (κ1) is 33.0. The van der Waals surface area contributed by atoms with E-state index in [4.69, 9.17) is 14.2 Å². The molecular formula is C34H42N2O7S. The molecule has 0 saturated carbocycles. The number of pyridine rings is 1. The number of aromatic nitrogens is 1. The Morgan fingerprint density at radius 3 is 2.27 bits per heavy atom. The highest BCUT2D eigenvalue weighted by Crippen LogP contribution is 2.41. The summed E-state index contributed by atoms with van der Waals surface area (Å²) in [7, 11) is 0.508. The number of ether oxygens (including phenoxy) is 3. The Balaban J connectivity index is 1.66. The lowest BCUT2D eigenvalue weighted by atomic mass is 10.0. The fourth-order valence-electron chi connectivity index (χ4n) is 6.18. The minimum Gasteiger partial charge on any atom is -0.493 e. The molecule has 1 aliphatic rings. The lowest BCUT2D eigenvalue weighted by Gasteiger charge is -2.34. The van der Waals surface area contributed by atoms with Crippen LogP contribution in [-0.4, -0.2) is 69.2 Å². The van der Waals surface area contributed by atoms with Crippen LogP contribution in [0.1, 0.15) is 72.2 Å². The van der Waals surface area contributed by atoms with Gasteiger partial charge in [-0.05, 0) is 67.9 Å². The van der Waals surface area contributed by atoms with E-state index in [2.05, 4.69) is 17.1 Å². The maximum atomic E-state index is 14.6. The first-order valence-corrected chi connectivity index (χ1v) is 16.7. The molecule has 3 aromatic rings. The maximum Gasteiger partial charge on any atom is 0.295 e. The van der Waals surface area contributed by atoms with Crippen LogP contribution in [0.3, 0.4) is 0 Å². The van der Waals surface area contributed by atoms with Crippen molar-refractivity contribution in [3.8, 4) is 17.2 Å². The highest BCUT2D eigenvalue weighted by molar-refractivity contribution is 7.92. The topological polar surface area (TPSA) is 112 Å². The number of ketones is 1. The second-order valence-electron chi connectivity index (χ2n) is 11.0. The monoisotopic (exact) mass is 622 g/mol. The van der Waals surface area contributed by atoms with Crippen molar-refractivity contribution < 1.29 is 32.2 Å². The quantitative estimate of drug-likeness (QED) is 0.158. The molecule has 2 aromatic carbocycles. The zero-order valence-electron chi connectivity index (χ0n) is 25.9. The molecule has 0 bridgehead atoms. The first-order valence-electron chi connectivity index (χ1n) is 15.1. The standard InChI is InChI=1S/C34H42N2O7S/c1-5-12-27(17-9-15-24-13-7-6-8-14-24)44(39,40)33(25-16-10-19-35-23-25)28-18-11-20-36(28)34(38)31(37)26-21-29(41-2)32(43-4)30(22-26)42-3/h6-8,10,13-14,16,19,21-23,27-28,33H,5,9,11-12,15,17-18,20H2,1-4H3/t27-,28-,33?/m0/s1. The summed E-state index contributed by atoms with van der Waals surface area (Å²) < 4.78 is 45.3. The average Bonchev–Trinajstić information content (AvgIpc) is 3.52. The van der Waals surface area contributed by atoms with Crippen LogP contribution in [0.4, 0.5) is 0 Å². The highest BCUT2D eigenvalue weighted by Gasteiger charge is 2.46. The largest absolute Gasteiger partial charge is 0.493 e. The number of amides is 1. The van der Waals surface area contributed by atoms with Crippen molar-refractivity contribution in [1.29, 1.82) is 0 Å². The molecule has 0 aliphatic carbocycles. The third-order valence-corrected chi connectivity index (χ3v) is 11.0. The van der Waals surface area contributed by atoms with E-state index in [-0.39, 0.29) is 23.6 Å². The van der Waals surface area contributed by atoms with Gasteiger partial charge in [-0.3, -0.25) is 14.6 Å². The van der Waals surface area contributed by atoms with Crippen molar-refractivity contribution in [3.63, 3.8) is 0 Å². The predicted molar refractivity (Wildman–Crippen MR) is 169 cm³/mol. The molecule has 1 saturated heterocycles. The van der Waals surface area contributed by atoms with E-state index in [0.29, 0.717) is 43.4 Å². The summed E-state index contributed by atoms with van der Waals surface area (Å²) in [5, 5.41) is -1.60. The smallest absolute Gasteiger partial charge is 0.295 e. The average molecular weight is 623 g/mol. The number of hydrogen-bond acceptors (Lipinski definition) is 8. The number of carbonyl (C=O) groups is 2. The zero-order valence-corrected chi connectivity index (χ0v) is 26.7. The van der Waals surface area contributed by atoms with Crippen LogP contribution in [0.25, 0.3) is 0 Å². The first-order chi connectivity index (χ1) is 21.3. The fourth-order valence-corrected chi connectivity index (χ4v) is 8.90. The number of Topliss-reactive ketones (excluding diaryl/α,β-unsaturated/α-hetero) is 1. The van der Waals surface area contributed by atoms with Gasteiger partial charge in [0.2, 0.25) is 5.75 Å². The summed E-state index contributed by atoms with van der Waals surface area (Å²) in [5.74, 6) is -0.743. The van der Waals surface area contributed by atoms with Crippen molar-refractivity contribution in [2.75, 3.05) is 27.9 Å². The molecular weight excluding hydrogens is 580 g/mol. The third-order valence-electron chi connectivity index (χ3n) is 8.31. The Bertz CT molecular complexity index is 1490.